The SMILES string of the molecule is CC(=O)Nc1ccc(C(=O)NCCCN2CCNCC2)cc1. The Morgan fingerprint density at radius 2 is 1.86 bits per heavy atom. The molecule has 1 aromatic carbocycles. The molecule has 0 radical (unpaired) electrons. The van der Waals surface area contributed by atoms with Gasteiger partial charge in [-0.2, -0.15) is 0 Å². The summed E-state index contributed by atoms with van der Waals surface area (Å²) in [6.45, 7) is 7.41. The smallest absolute Gasteiger partial charge is 0.251 e. The lowest BCUT2D eigenvalue weighted by atomic mass is 10.2. The average molecular weight is 304 g/mol. The minimum absolute atomic E-state index is 0.0744. The van der Waals surface area contributed by atoms with Gasteiger partial charge < -0.3 is 20.9 Å². The summed E-state index contributed by atoms with van der Waals surface area (Å²) in [6.07, 6.45) is 0.954. The normalized spacial score (nSPS) is 15.3. The lowest BCUT2D eigenvalue weighted by molar-refractivity contribution is -0.114. The summed E-state index contributed by atoms with van der Waals surface area (Å²) in [6, 6.07) is 6.90. The second kappa shape index (κ2) is 8.51. The van der Waals surface area contributed by atoms with Crippen molar-refractivity contribution in [3.63, 3.8) is 0 Å². The van der Waals surface area contributed by atoms with Gasteiger partial charge in [0.1, 0.15) is 0 Å². The van der Waals surface area contributed by atoms with E-state index in [0.717, 1.165) is 39.1 Å². The van der Waals surface area contributed by atoms with Crippen LogP contribution in [0.1, 0.15) is 23.7 Å². The highest BCUT2D eigenvalue weighted by molar-refractivity contribution is 5.95. The molecule has 1 saturated heterocycles. The zero-order valence-electron chi connectivity index (χ0n) is 13.0. The summed E-state index contributed by atoms with van der Waals surface area (Å²) in [5, 5.41) is 8.93. The first-order valence-electron chi connectivity index (χ1n) is 7.74. The molecule has 0 saturated carbocycles. The largest absolute Gasteiger partial charge is 0.352 e. The second-order valence-corrected chi connectivity index (χ2v) is 5.46. The van der Waals surface area contributed by atoms with Gasteiger partial charge in [0.2, 0.25) is 5.91 Å². The van der Waals surface area contributed by atoms with Gasteiger partial charge in [0.25, 0.3) is 5.91 Å². The molecule has 120 valence electrons. The molecule has 0 bridgehead atoms. The average Bonchev–Trinajstić information content (AvgIpc) is 2.52. The Morgan fingerprint density at radius 3 is 2.50 bits per heavy atom. The molecular formula is C16H24N4O2. The number of hydrogen-bond donors (Lipinski definition) is 3. The Hall–Kier alpha value is -1.92. The third-order valence-corrected chi connectivity index (χ3v) is 3.61. The van der Waals surface area contributed by atoms with Gasteiger partial charge in [-0.15, -0.1) is 0 Å². The fourth-order valence-corrected chi connectivity index (χ4v) is 2.45. The van der Waals surface area contributed by atoms with Crippen molar-refractivity contribution in [3.8, 4) is 0 Å². The van der Waals surface area contributed by atoms with Crippen LogP contribution in [0.2, 0.25) is 0 Å². The molecule has 22 heavy (non-hydrogen) atoms. The van der Waals surface area contributed by atoms with Crippen molar-refractivity contribution in [2.75, 3.05) is 44.6 Å². The third-order valence-electron chi connectivity index (χ3n) is 3.61. The van der Waals surface area contributed by atoms with Crippen molar-refractivity contribution >= 4 is 17.5 Å². The van der Waals surface area contributed by atoms with Gasteiger partial charge >= 0.3 is 0 Å². The highest BCUT2D eigenvalue weighted by atomic mass is 16.2. The van der Waals surface area contributed by atoms with Gasteiger partial charge in [0.15, 0.2) is 0 Å². The van der Waals surface area contributed by atoms with Crippen LogP contribution in [-0.2, 0) is 4.79 Å². The van der Waals surface area contributed by atoms with E-state index in [-0.39, 0.29) is 11.8 Å². The van der Waals surface area contributed by atoms with Gasteiger partial charge in [-0.3, -0.25) is 9.59 Å². The zero-order chi connectivity index (χ0) is 15.8. The molecule has 1 heterocycles. The number of nitrogens with zero attached hydrogens (tertiary/aromatic N) is 1. The van der Waals surface area contributed by atoms with Crippen LogP contribution in [0.4, 0.5) is 5.69 Å². The Kier molecular flexibility index (Phi) is 6.36. The fourth-order valence-electron chi connectivity index (χ4n) is 2.45. The topological polar surface area (TPSA) is 73.5 Å². The fraction of sp³-hybridized carbons (Fsp3) is 0.500. The van der Waals surface area contributed by atoms with Gasteiger partial charge in [0, 0.05) is 50.9 Å². The number of nitrogens with one attached hydrogen (secondary N) is 3. The molecule has 2 rings (SSSR count). The number of carbonyl (C=O) groups excluding carboxylic acids is 2. The van der Waals surface area contributed by atoms with E-state index in [1.54, 1.807) is 24.3 Å². The van der Waals surface area contributed by atoms with E-state index in [1.807, 2.05) is 0 Å². The molecule has 6 heteroatoms. The summed E-state index contributed by atoms with van der Waals surface area (Å²) >= 11 is 0. The predicted molar refractivity (Wildman–Crippen MR) is 87.0 cm³/mol. The Balaban J connectivity index is 1.69. The van der Waals surface area contributed by atoms with Crippen LogP contribution in [-0.4, -0.2) is 56.0 Å². The second-order valence-electron chi connectivity index (χ2n) is 5.46. The summed E-state index contributed by atoms with van der Waals surface area (Å²) in [5.41, 5.74) is 1.30. The molecule has 0 unspecified atom stereocenters. The van der Waals surface area contributed by atoms with Crippen LogP contribution in [0, 0.1) is 0 Å². The van der Waals surface area contributed by atoms with Gasteiger partial charge in [0.05, 0.1) is 0 Å². The molecule has 1 fully saturated rings. The zero-order valence-corrected chi connectivity index (χ0v) is 13.0. The number of benzene rings is 1. The molecule has 0 aliphatic carbocycles. The van der Waals surface area contributed by atoms with E-state index in [2.05, 4.69) is 20.9 Å². The van der Waals surface area contributed by atoms with Crippen molar-refractivity contribution in [2.45, 2.75) is 13.3 Å². The quantitative estimate of drug-likeness (QED) is 0.676. The maximum absolute atomic E-state index is 12.0. The number of anilines is 1. The van der Waals surface area contributed by atoms with Crippen molar-refractivity contribution in [1.82, 2.24) is 15.5 Å². The molecule has 6 nitrogen and oxygen atoms in total. The molecule has 1 aliphatic heterocycles. The Labute approximate surface area is 131 Å². The maximum atomic E-state index is 12.0. The van der Waals surface area contributed by atoms with Crippen molar-refractivity contribution in [2.24, 2.45) is 0 Å². The lowest BCUT2D eigenvalue weighted by Gasteiger charge is -2.27. The van der Waals surface area contributed by atoms with E-state index in [9.17, 15) is 9.59 Å². The molecule has 3 N–H and O–H groups in total. The summed E-state index contributed by atoms with van der Waals surface area (Å²) < 4.78 is 0. The molecule has 0 atom stereocenters. The minimum atomic E-state index is -0.120. The van der Waals surface area contributed by atoms with Crippen LogP contribution in [0.3, 0.4) is 0 Å². The number of carbonyl (C=O) groups is 2. The first-order chi connectivity index (χ1) is 10.6. The van der Waals surface area contributed by atoms with E-state index in [0.29, 0.717) is 17.8 Å². The maximum Gasteiger partial charge on any atom is 0.251 e. The van der Waals surface area contributed by atoms with Crippen LogP contribution in [0.15, 0.2) is 24.3 Å². The highest BCUT2D eigenvalue weighted by Gasteiger charge is 2.09. The monoisotopic (exact) mass is 304 g/mol. The van der Waals surface area contributed by atoms with Crippen molar-refractivity contribution < 1.29 is 9.59 Å². The van der Waals surface area contributed by atoms with Crippen LogP contribution in [0.25, 0.3) is 0 Å². The first-order valence-corrected chi connectivity index (χ1v) is 7.74. The number of rotatable bonds is 6. The van der Waals surface area contributed by atoms with Crippen LogP contribution in [0.5, 0.6) is 0 Å². The van der Waals surface area contributed by atoms with E-state index in [1.165, 1.54) is 6.92 Å². The van der Waals surface area contributed by atoms with E-state index >= 15 is 0 Å². The number of amides is 2. The minimum Gasteiger partial charge on any atom is -0.352 e. The molecule has 0 spiro atoms. The molecule has 1 aromatic rings. The standard InChI is InChI=1S/C16H24N4O2/c1-13(21)19-15-5-3-14(4-6-15)16(22)18-7-2-10-20-11-8-17-9-12-20/h3-6,17H,2,7-12H2,1H3,(H,18,22)(H,19,21). The van der Waals surface area contributed by atoms with Gasteiger partial charge in [-0.25, -0.2) is 0 Å². The Morgan fingerprint density at radius 1 is 1.18 bits per heavy atom. The summed E-state index contributed by atoms with van der Waals surface area (Å²) in [7, 11) is 0. The van der Waals surface area contributed by atoms with E-state index in [4.69, 9.17) is 0 Å². The van der Waals surface area contributed by atoms with Crippen molar-refractivity contribution in [1.29, 1.82) is 0 Å². The summed E-state index contributed by atoms with van der Waals surface area (Å²) in [5.74, 6) is -0.195. The molecular weight excluding hydrogens is 280 g/mol. The van der Waals surface area contributed by atoms with Gasteiger partial charge in [-0.05, 0) is 37.2 Å². The summed E-state index contributed by atoms with van der Waals surface area (Å²) in [4.78, 5) is 25.4. The van der Waals surface area contributed by atoms with Crippen molar-refractivity contribution in [3.05, 3.63) is 29.8 Å². The molecule has 1 aliphatic rings. The number of hydrogen-bond acceptors (Lipinski definition) is 4. The lowest BCUT2D eigenvalue weighted by Crippen LogP contribution is -2.44. The number of piperazine rings is 1. The van der Waals surface area contributed by atoms with Crippen LogP contribution < -0.4 is 16.0 Å². The molecule has 2 amide bonds. The van der Waals surface area contributed by atoms with E-state index < -0.39 is 0 Å². The highest BCUT2D eigenvalue weighted by Crippen LogP contribution is 2.09. The predicted octanol–water partition coefficient (Wildman–Crippen LogP) is 0.670. The molecule has 0 aromatic heterocycles. The van der Waals surface area contributed by atoms with Gasteiger partial charge in [-0.1, -0.05) is 0 Å². The third kappa shape index (κ3) is 5.46. The Bertz CT molecular complexity index is 495. The first kappa shape index (κ1) is 16.5. The van der Waals surface area contributed by atoms with Crippen LogP contribution >= 0.6 is 0 Å².